The van der Waals surface area contributed by atoms with Gasteiger partial charge in [0.25, 0.3) is 5.91 Å². The van der Waals surface area contributed by atoms with Gasteiger partial charge >= 0.3 is 0 Å². The first kappa shape index (κ1) is 18.4. The number of nitrogens with zero attached hydrogens (tertiary/aromatic N) is 1. The van der Waals surface area contributed by atoms with Gasteiger partial charge in [0, 0.05) is 13.1 Å². The fourth-order valence-electron chi connectivity index (χ4n) is 3.56. The summed E-state index contributed by atoms with van der Waals surface area (Å²) in [5, 5.41) is 2.83. The summed E-state index contributed by atoms with van der Waals surface area (Å²) in [6.07, 6.45) is 0.0408. The number of carbonyl (C=O) groups excluding carboxylic acids is 1. The molecule has 0 unspecified atom stereocenters. The van der Waals surface area contributed by atoms with Crippen molar-refractivity contribution < 1.29 is 14.3 Å². The summed E-state index contributed by atoms with van der Waals surface area (Å²) >= 11 is 0. The molecule has 5 nitrogen and oxygen atoms in total. The van der Waals surface area contributed by atoms with Gasteiger partial charge in [-0.3, -0.25) is 9.69 Å². The van der Waals surface area contributed by atoms with Crippen molar-refractivity contribution >= 4 is 5.91 Å². The zero-order valence-electron chi connectivity index (χ0n) is 16.0. The molecule has 2 atom stereocenters. The van der Waals surface area contributed by atoms with Crippen LogP contribution in [0.1, 0.15) is 18.1 Å². The van der Waals surface area contributed by atoms with Crippen molar-refractivity contribution in [3.05, 3.63) is 59.7 Å². The Morgan fingerprint density at radius 2 is 1.79 bits per heavy atom. The number of fused-ring (bicyclic) bond motifs is 2. The third kappa shape index (κ3) is 4.13. The predicted octanol–water partition coefficient (Wildman–Crippen LogP) is 2.39. The molecule has 28 heavy (non-hydrogen) atoms. The molecule has 2 aliphatic rings. The van der Waals surface area contributed by atoms with Crippen molar-refractivity contribution in [2.75, 3.05) is 19.6 Å². The van der Waals surface area contributed by atoms with Crippen molar-refractivity contribution in [2.24, 2.45) is 0 Å². The number of rotatable bonds is 3. The lowest BCUT2D eigenvalue weighted by molar-refractivity contribution is -0.133. The third-order valence-corrected chi connectivity index (χ3v) is 5.09. The molecular formula is C23H24N2O3. The highest BCUT2D eigenvalue weighted by Crippen LogP contribution is 2.33. The van der Waals surface area contributed by atoms with Crippen LogP contribution in [0.2, 0.25) is 0 Å². The van der Waals surface area contributed by atoms with E-state index in [4.69, 9.17) is 9.47 Å². The molecule has 2 aliphatic heterocycles. The second-order valence-corrected chi connectivity index (χ2v) is 7.11. The minimum Gasteiger partial charge on any atom is -0.482 e. The minimum atomic E-state index is -0.671. The maximum atomic E-state index is 12.4. The number of para-hydroxylation sites is 2. The Bertz CT molecular complexity index is 915. The molecular weight excluding hydrogens is 352 g/mol. The Hall–Kier alpha value is -2.97. The summed E-state index contributed by atoms with van der Waals surface area (Å²) in [7, 11) is 0. The van der Waals surface area contributed by atoms with E-state index in [1.54, 1.807) is 6.07 Å². The zero-order chi connectivity index (χ0) is 19.3. The Kier molecular flexibility index (Phi) is 5.50. The summed E-state index contributed by atoms with van der Waals surface area (Å²) in [6.45, 7) is 4.79. The molecule has 144 valence electrons. The van der Waals surface area contributed by atoms with Crippen molar-refractivity contribution in [3.63, 3.8) is 0 Å². The fourth-order valence-corrected chi connectivity index (χ4v) is 3.56. The van der Waals surface area contributed by atoms with Crippen LogP contribution in [0.3, 0.4) is 0 Å². The molecule has 4 rings (SSSR count). The first-order valence-electron chi connectivity index (χ1n) is 9.65. The summed E-state index contributed by atoms with van der Waals surface area (Å²) in [6, 6.07) is 15.9. The first-order chi connectivity index (χ1) is 13.7. The van der Waals surface area contributed by atoms with E-state index in [0.29, 0.717) is 24.6 Å². The molecule has 0 saturated heterocycles. The average molecular weight is 376 g/mol. The van der Waals surface area contributed by atoms with Crippen molar-refractivity contribution in [2.45, 2.75) is 32.1 Å². The van der Waals surface area contributed by atoms with Crippen LogP contribution in [0, 0.1) is 11.8 Å². The molecule has 2 aromatic carbocycles. The van der Waals surface area contributed by atoms with Gasteiger partial charge in [0.15, 0.2) is 11.5 Å². The number of hydrogen-bond acceptors (Lipinski definition) is 4. The minimum absolute atomic E-state index is 0.205. The van der Waals surface area contributed by atoms with Crippen LogP contribution < -0.4 is 14.8 Å². The van der Waals surface area contributed by atoms with Gasteiger partial charge in [-0.2, -0.15) is 0 Å². The van der Waals surface area contributed by atoms with Gasteiger partial charge in [-0.25, -0.2) is 0 Å². The normalized spacial score (nSPS) is 20.5. The maximum Gasteiger partial charge on any atom is 0.265 e. The smallest absolute Gasteiger partial charge is 0.265 e. The van der Waals surface area contributed by atoms with Gasteiger partial charge in [0.2, 0.25) is 6.10 Å². The Morgan fingerprint density at radius 3 is 2.61 bits per heavy atom. The molecule has 2 aromatic rings. The van der Waals surface area contributed by atoms with Crippen LogP contribution in [0.25, 0.3) is 0 Å². The predicted molar refractivity (Wildman–Crippen MR) is 107 cm³/mol. The number of nitrogens with one attached hydrogen (secondary N) is 1. The number of ether oxygens (including phenoxy) is 2. The summed E-state index contributed by atoms with van der Waals surface area (Å²) < 4.78 is 11.6. The van der Waals surface area contributed by atoms with E-state index >= 15 is 0 Å². The third-order valence-electron chi connectivity index (χ3n) is 5.09. The van der Waals surface area contributed by atoms with E-state index in [9.17, 15) is 4.79 Å². The van der Waals surface area contributed by atoms with E-state index in [2.05, 4.69) is 46.3 Å². The van der Waals surface area contributed by atoms with Gasteiger partial charge < -0.3 is 14.8 Å². The highest BCUT2D eigenvalue weighted by atomic mass is 16.6. The number of hydrogen-bond donors (Lipinski definition) is 1. The molecule has 0 bridgehead atoms. The maximum absolute atomic E-state index is 12.4. The van der Waals surface area contributed by atoms with Gasteiger partial charge in [0.05, 0.1) is 13.1 Å². The molecule has 5 heteroatoms. The number of benzene rings is 2. The van der Waals surface area contributed by atoms with Crippen molar-refractivity contribution in [1.82, 2.24) is 10.2 Å². The van der Waals surface area contributed by atoms with Crippen molar-refractivity contribution in [3.8, 4) is 23.3 Å². The molecule has 1 amide bonds. The van der Waals surface area contributed by atoms with Gasteiger partial charge in [0.1, 0.15) is 6.10 Å². The molecule has 0 fully saturated rings. The summed E-state index contributed by atoms with van der Waals surface area (Å²) in [4.78, 5) is 14.8. The lowest BCUT2D eigenvalue weighted by atomic mass is 10.0. The number of amides is 1. The van der Waals surface area contributed by atoms with E-state index in [-0.39, 0.29) is 12.0 Å². The summed E-state index contributed by atoms with van der Waals surface area (Å²) in [5.74, 6) is 7.26. The molecule has 0 aliphatic carbocycles. The van der Waals surface area contributed by atoms with E-state index in [0.717, 1.165) is 19.5 Å². The lowest BCUT2D eigenvalue weighted by Gasteiger charge is -2.30. The van der Waals surface area contributed by atoms with E-state index in [1.807, 2.05) is 25.1 Å². The molecule has 0 radical (unpaired) electrons. The lowest BCUT2D eigenvalue weighted by Crippen LogP contribution is -2.49. The van der Waals surface area contributed by atoms with Crippen LogP contribution in [0.5, 0.6) is 11.5 Å². The fraction of sp³-hybridized carbons (Fsp3) is 0.348. The molecule has 0 spiro atoms. The molecule has 2 heterocycles. The Morgan fingerprint density at radius 1 is 1.07 bits per heavy atom. The van der Waals surface area contributed by atoms with Crippen LogP contribution in [-0.4, -0.2) is 42.6 Å². The van der Waals surface area contributed by atoms with Crippen LogP contribution in [-0.2, 0) is 17.8 Å². The zero-order valence-corrected chi connectivity index (χ0v) is 16.0. The quantitative estimate of drug-likeness (QED) is 0.836. The SMILES string of the molecule is C[C@@H]1Oc2ccccc2O[C@H]1C(=O)NCC#CCN1CCc2ccccc2C1. The monoisotopic (exact) mass is 376 g/mol. The second kappa shape index (κ2) is 8.37. The molecule has 1 N–H and O–H groups in total. The Balaban J connectivity index is 1.24. The molecule has 0 saturated carbocycles. The standard InChI is InChI=1S/C23H24N2O3/c1-17-22(28-21-11-5-4-10-20(21)27-17)23(26)24-13-6-7-14-25-15-12-18-8-2-3-9-19(18)16-25/h2-5,8-11,17,22H,12-16H2,1H3,(H,24,26)/t17-,22+/m0/s1. The highest BCUT2D eigenvalue weighted by Gasteiger charge is 2.33. The first-order valence-corrected chi connectivity index (χ1v) is 9.65. The van der Waals surface area contributed by atoms with Crippen LogP contribution in [0.15, 0.2) is 48.5 Å². The van der Waals surface area contributed by atoms with E-state index < -0.39 is 6.10 Å². The molecule has 0 aromatic heterocycles. The van der Waals surface area contributed by atoms with Crippen LogP contribution >= 0.6 is 0 Å². The number of carbonyl (C=O) groups is 1. The Labute approximate surface area is 165 Å². The van der Waals surface area contributed by atoms with Crippen molar-refractivity contribution in [1.29, 1.82) is 0 Å². The van der Waals surface area contributed by atoms with Gasteiger partial charge in [-0.05, 0) is 36.6 Å². The second-order valence-electron chi connectivity index (χ2n) is 7.11. The van der Waals surface area contributed by atoms with Gasteiger partial charge in [-0.1, -0.05) is 48.2 Å². The topological polar surface area (TPSA) is 50.8 Å². The highest BCUT2D eigenvalue weighted by molar-refractivity contribution is 5.82. The summed E-state index contributed by atoms with van der Waals surface area (Å²) in [5.41, 5.74) is 2.82. The van der Waals surface area contributed by atoms with E-state index in [1.165, 1.54) is 11.1 Å². The average Bonchev–Trinajstić information content (AvgIpc) is 2.72. The van der Waals surface area contributed by atoms with Gasteiger partial charge in [-0.15, -0.1) is 0 Å². The van der Waals surface area contributed by atoms with Crippen LogP contribution in [0.4, 0.5) is 0 Å². The largest absolute Gasteiger partial charge is 0.482 e.